The highest BCUT2D eigenvalue weighted by molar-refractivity contribution is 7.78. The summed E-state index contributed by atoms with van der Waals surface area (Å²) in [5, 5.41) is 4.69. The summed E-state index contributed by atoms with van der Waals surface area (Å²) in [6.07, 6.45) is 6.57. The number of rotatable bonds is 5. The van der Waals surface area contributed by atoms with E-state index in [1.165, 1.54) is 32.1 Å². The van der Waals surface area contributed by atoms with E-state index in [1.54, 1.807) is 0 Å². The van der Waals surface area contributed by atoms with E-state index in [0.717, 1.165) is 6.42 Å². The van der Waals surface area contributed by atoms with Crippen molar-refractivity contribution in [2.75, 3.05) is 0 Å². The number of aliphatic imine (C=N–C) groups is 1. The SMILES string of the molecule is O=C(CCC1CCCCC1)NC(N=C=S)C(Cl)(Cl)Cl. The van der Waals surface area contributed by atoms with Crippen molar-refractivity contribution in [3.8, 4) is 0 Å². The third-order valence-electron chi connectivity index (χ3n) is 3.29. The molecule has 1 saturated carbocycles. The normalized spacial score (nSPS) is 18.5. The third-order valence-corrected chi connectivity index (χ3v) is 4.02. The number of hydrogen-bond acceptors (Lipinski definition) is 3. The van der Waals surface area contributed by atoms with E-state index in [9.17, 15) is 4.79 Å². The molecule has 1 rings (SSSR count). The second kappa shape index (κ2) is 8.43. The van der Waals surface area contributed by atoms with E-state index in [0.29, 0.717) is 12.3 Å². The molecule has 0 bridgehead atoms. The lowest BCUT2D eigenvalue weighted by Crippen LogP contribution is -2.42. The van der Waals surface area contributed by atoms with Gasteiger partial charge in [0.2, 0.25) is 9.70 Å². The second-order valence-corrected chi connectivity index (χ2v) is 7.33. The van der Waals surface area contributed by atoms with Gasteiger partial charge in [-0.25, -0.2) is 4.99 Å². The van der Waals surface area contributed by atoms with Gasteiger partial charge in [0.05, 0.1) is 5.16 Å². The van der Waals surface area contributed by atoms with Crippen molar-refractivity contribution in [2.24, 2.45) is 10.9 Å². The third kappa shape index (κ3) is 6.92. The number of carbonyl (C=O) groups is 1. The van der Waals surface area contributed by atoms with E-state index in [4.69, 9.17) is 34.8 Å². The number of nitrogens with one attached hydrogen (secondary N) is 1. The van der Waals surface area contributed by atoms with Crippen LogP contribution in [0.2, 0.25) is 0 Å². The Morgan fingerprint density at radius 2 is 2.00 bits per heavy atom. The number of hydrogen-bond donors (Lipinski definition) is 1. The van der Waals surface area contributed by atoms with Crippen LogP contribution in [0.5, 0.6) is 0 Å². The van der Waals surface area contributed by atoms with Crippen molar-refractivity contribution in [2.45, 2.75) is 54.9 Å². The molecule has 0 saturated heterocycles. The standard InChI is InChI=1S/C12H17Cl3N2OS/c13-12(14,15)11(16-8-19)17-10(18)7-6-9-4-2-1-3-5-9/h9,11H,1-7H2,(H,17,18). The van der Waals surface area contributed by atoms with Crippen molar-refractivity contribution in [3.05, 3.63) is 0 Å². The summed E-state index contributed by atoms with van der Waals surface area (Å²) in [5.74, 6) is 0.468. The van der Waals surface area contributed by atoms with Gasteiger partial charge in [-0.15, -0.1) is 0 Å². The van der Waals surface area contributed by atoms with E-state index >= 15 is 0 Å². The molecule has 1 unspecified atom stereocenters. The molecule has 0 aromatic heterocycles. The molecule has 1 amide bonds. The molecule has 0 aromatic carbocycles. The Hall–Kier alpha value is 0.140. The van der Waals surface area contributed by atoms with Gasteiger partial charge in [-0.05, 0) is 24.6 Å². The molecule has 1 aliphatic rings. The monoisotopic (exact) mass is 342 g/mol. The minimum absolute atomic E-state index is 0.170. The Morgan fingerprint density at radius 1 is 1.37 bits per heavy atom. The molecule has 108 valence electrons. The van der Waals surface area contributed by atoms with Crippen LogP contribution in [-0.2, 0) is 4.79 Å². The molecular weight excluding hydrogens is 327 g/mol. The number of nitrogens with zero attached hydrogens (tertiary/aromatic N) is 1. The number of isothiocyanates is 1. The molecule has 1 atom stereocenters. The highest BCUT2D eigenvalue weighted by atomic mass is 35.6. The molecule has 1 N–H and O–H groups in total. The van der Waals surface area contributed by atoms with Crippen molar-refractivity contribution in [3.63, 3.8) is 0 Å². The Bertz CT molecular complexity index is 347. The smallest absolute Gasteiger partial charge is 0.231 e. The highest BCUT2D eigenvalue weighted by Gasteiger charge is 2.33. The van der Waals surface area contributed by atoms with E-state index in [-0.39, 0.29) is 5.91 Å². The van der Waals surface area contributed by atoms with Crippen LogP contribution in [0.4, 0.5) is 0 Å². The Morgan fingerprint density at radius 3 is 2.53 bits per heavy atom. The molecule has 0 heterocycles. The number of amides is 1. The first kappa shape index (κ1) is 17.2. The van der Waals surface area contributed by atoms with Gasteiger partial charge in [-0.1, -0.05) is 66.9 Å². The summed E-state index contributed by atoms with van der Waals surface area (Å²) >= 11 is 21.6. The second-order valence-electron chi connectivity index (χ2n) is 4.77. The molecule has 1 aliphatic carbocycles. The fraction of sp³-hybridized carbons (Fsp3) is 0.833. The maximum absolute atomic E-state index is 11.8. The van der Waals surface area contributed by atoms with Gasteiger partial charge in [-0.3, -0.25) is 4.79 Å². The van der Waals surface area contributed by atoms with E-state index < -0.39 is 9.96 Å². The minimum Gasteiger partial charge on any atom is -0.330 e. The van der Waals surface area contributed by atoms with E-state index in [1.807, 2.05) is 0 Å². The van der Waals surface area contributed by atoms with Crippen LogP contribution in [0.25, 0.3) is 0 Å². The van der Waals surface area contributed by atoms with Gasteiger partial charge < -0.3 is 5.32 Å². The van der Waals surface area contributed by atoms with Crippen molar-refractivity contribution in [1.29, 1.82) is 0 Å². The molecule has 0 aromatic rings. The molecule has 0 radical (unpaired) electrons. The summed E-state index contributed by atoms with van der Waals surface area (Å²) in [5.41, 5.74) is 0. The zero-order valence-electron chi connectivity index (χ0n) is 10.5. The van der Waals surface area contributed by atoms with Gasteiger partial charge in [0.15, 0.2) is 6.17 Å². The topological polar surface area (TPSA) is 41.5 Å². The van der Waals surface area contributed by atoms with Crippen LogP contribution in [-0.4, -0.2) is 21.0 Å². The first-order valence-corrected chi connectivity index (χ1v) is 7.90. The van der Waals surface area contributed by atoms with Crippen LogP contribution < -0.4 is 5.32 Å². The van der Waals surface area contributed by atoms with Crippen LogP contribution in [0.3, 0.4) is 0 Å². The van der Waals surface area contributed by atoms with Crippen LogP contribution >= 0.6 is 47.0 Å². The molecule has 7 heteroatoms. The lowest BCUT2D eigenvalue weighted by atomic mass is 9.86. The zero-order chi connectivity index (χ0) is 14.3. The Kier molecular flexibility index (Phi) is 7.63. The van der Waals surface area contributed by atoms with Gasteiger partial charge in [-0.2, -0.15) is 0 Å². The molecule has 19 heavy (non-hydrogen) atoms. The first-order valence-electron chi connectivity index (χ1n) is 6.36. The Balaban J connectivity index is 2.37. The predicted molar refractivity (Wildman–Crippen MR) is 83.1 cm³/mol. The summed E-state index contributed by atoms with van der Waals surface area (Å²) in [4.78, 5) is 15.5. The average molecular weight is 344 g/mol. The molecule has 1 fully saturated rings. The summed E-state index contributed by atoms with van der Waals surface area (Å²) < 4.78 is -1.72. The molecule has 3 nitrogen and oxygen atoms in total. The van der Waals surface area contributed by atoms with Gasteiger partial charge >= 0.3 is 0 Å². The quantitative estimate of drug-likeness (QED) is 0.460. The fourth-order valence-electron chi connectivity index (χ4n) is 2.28. The minimum atomic E-state index is -1.72. The van der Waals surface area contributed by atoms with Crippen molar-refractivity contribution < 1.29 is 4.79 Å². The number of alkyl halides is 3. The highest BCUT2D eigenvalue weighted by Crippen LogP contribution is 2.31. The largest absolute Gasteiger partial charge is 0.330 e. The average Bonchev–Trinajstić information content (AvgIpc) is 2.36. The van der Waals surface area contributed by atoms with Crippen LogP contribution in [0.15, 0.2) is 4.99 Å². The fourth-order valence-corrected chi connectivity index (χ4v) is 2.69. The van der Waals surface area contributed by atoms with Crippen molar-refractivity contribution in [1.82, 2.24) is 5.32 Å². The van der Waals surface area contributed by atoms with Gasteiger partial charge in [0.1, 0.15) is 0 Å². The summed E-state index contributed by atoms with van der Waals surface area (Å²) in [6.45, 7) is 0. The Labute approximate surface area is 134 Å². The summed E-state index contributed by atoms with van der Waals surface area (Å²) in [7, 11) is 0. The predicted octanol–water partition coefficient (Wildman–Crippen LogP) is 4.26. The molecular formula is C12H17Cl3N2OS. The first-order chi connectivity index (χ1) is 8.93. The lowest BCUT2D eigenvalue weighted by molar-refractivity contribution is -0.122. The summed E-state index contributed by atoms with van der Waals surface area (Å²) in [6, 6.07) is 0. The van der Waals surface area contributed by atoms with Crippen LogP contribution in [0.1, 0.15) is 44.9 Å². The number of carbonyl (C=O) groups excluding carboxylic acids is 1. The lowest BCUT2D eigenvalue weighted by Gasteiger charge is -2.23. The number of halogens is 3. The zero-order valence-corrected chi connectivity index (χ0v) is 13.6. The number of thiocarbonyl (C=S) groups is 1. The van der Waals surface area contributed by atoms with Gasteiger partial charge in [0, 0.05) is 6.42 Å². The van der Waals surface area contributed by atoms with Crippen LogP contribution in [0, 0.1) is 5.92 Å². The van der Waals surface area contributed by atoms with E-state index in [2.05, 4.69) is 27.7 Å². The van der Waals surface area contributed by atoms with Gasteiger partial charge in [0.25, 0.3) is 0 Å². The molecule has 0 aliphatic heterocycles. The maximum Gasteiger partial charge on any atom is 0.231 e. The molecule has 0 spiro atoms. The van der Waals surface area contributed by atoms with Crippen molar-refractivity contribution >= 4 is 58.1 Å². The maximum atomic E-state index is 11.8.